The number of hydrogen-bond donors (Lipinski definition) is 1. The molecule has 0 radical (unpaired) electrons. The molecule has 0 saturated carbocycles. The second-order valence-electron chi connectivity index (χ2n) is 2.52. The zero-order valence-corrected chi connectivity index (χ0v) is 7.93. The number of hydrogen-bond acceptors (Lipinski definition) is 2. The maximum atomic E-state index is 12.8. The largest absolute Gasteiger partial charge is 0.346 e. The summed E-state index contributed by atoms with van der Waals surface area (Å²) in [6.07, 6.45) is 0. The third kappa shape index (κ3) is 1.47. The average Bonchev–Trinajstić information content (AvgIpc) is 2.06. The van der Waals surface area contributed by atoms with E-state index in [1.165, 1.54) is 18.2 Å². The van der Waals surface area contributed by atoms with E-state index in [2.05, 4.69) is 25.9 Å². The molecule has 1 aromatic carbocycles. The molecule has 1 N–H and O–H groups in total. The normalized spacial score (nSPS) is 10.6. The van der Waals surface area contributed by atoms with Gasteiger partial charge in [0.2, 0.25) is 0 Å². The molecular formula is C8H4BrFN2O. The Morgan fingerprint density at radius 1 is 1.46 bits per heavy atom. The molecular weight excluding hydrogens is 239 g/mol. The molecule has 1 aromatic heterocycles. The molecule has 0 aliphatic rings. The standard InChI is InChI=1S/C8H4BrFN2O/c9-7-5-3-4(10)1-2-6(5)11-8(13)12-7/h1-3H,(H,11,12,13). The van der Waals surface area contributed by atoms with E-state index < -0.39 is 5.69 Å². The average molecular weight is 243 g/mol. The van der Waals surface area contributed by atoms with Gasteiger partial charge < -0.3 is 0 Å². The summed E-state index contributed by atoms with van der Waals surface area (Å²) in [5.74, 6) is -0.359. The van der Waals surface area contributed by atoms with Crippen LogP contribution in [0.1, 0.15) is 0 Å². The van der Waals surface area contributed by atoms with Crippen molar-refractivity contribution in [1.82, 2.24) is 9.97 Å². The van der Waals surface area contributed by atoms with Crippen molar-refractivity contribution in [3.63, 3.8) is 0 Å². The van der Waals surface area contributed by atoms with Crippen LogP contribution in [0.5, 0.6) is 0 Å². The summed E-state index contributed by atoms with van der Waals surface area (Å²) in [7, 11) is 0. The summed E-state index contributed by atoms with van der Waals surface area (Å²) in [6.45, 7) is 0. The predicted octanol–water partition coefficient (Wildman–Crippen LogP) is 1.82. The minimum atomic E-state index is -0.453. The van der Waals surface area contributed by atoms with Crippen LogP contribution in [-0.4, -0.2) is 9.97 Å². The van der Waals surface area contributed by atoms with Crippen LogP contribution in [0.4, 0.5) is 4.39 Å². The molecule has 0 atom stereocenters. The number of nitrogens with one attached hydrogen (secondary N) is 1. The molecule has 0 unspecified atom stereocenters. The molecule has 1 heterocycles. The van der Waals surface area contributed by atoms with Gasteiger partial charge in [-0.1, -0.05) is 0 Å². The van der Waals surface area contributed by atoms with Crippen molar-refractivity contribution in [3.05, 3.63) is 39.1 Å². The van der Waals surface area contributed by atoms with E-state index in [-0.39, 0.29) is 5.82 Å². The fraction of sp³-hybridized carbons (Fsp3) is 0. The lowest BCUT2D eigenvalue weighted by atomic mass is 10.2. The first kappa shape index (κ1) is 8.37. The maximum Gasteiger partial charge on any atom is 0.346 e. The van der Waals surface area contributed by atoms with Gasteiger partial charge in [0.15, 0.2) is 0 Å². The van der Waals surface area contributed by atoms with Gasteiger partial charge in [-0.2, -0.15) is 4.98 Å². The van der Waals surface area contributed by atoms with E-state index >= 15 is 0 Å². The van der Waals surface area contributed by atoms with Crippen LogP contribution < -0.4 is 5.69 Å². The molecule has 0 fully saturated rings. The summed E-state index contributed by atoms with van der Waals surface area (Å²) in [4.78, 5) is 17.0. The van der Waals surface area contributed by atoms with Crippen LogP contribution in [0.25, 0.3) is 10.9 Å². The highest BCUT2D eigenvalue weighted by molar-refractivity contribution is 9.10. The van der Waals surface area contributed by atoms with Gasteiger partial charge in [0, 0.05) is 5.39 Å². The monoisotopic (exact) mass is 242 g/mol. The molecule has 66 valence electrons. The van der Waals surface area contributed by atoms with Crippen LogP contribution in [-0.2, 0) is 0 Å². The molecule has 2 aromatic rings. The van der Waals surface area contributed by atoms with Gasteiger partial charge in [0.25, 0.3) is 0 Å². The lowest BCUT2D eigenvalue weighted by Gasteiger charge is -1.98. The van der Waals surface area contributed by atoms with Crippen molar-refractivity contribution in [2.24, 2.45) is 0 Å². The van der Waals surface area contributed by atoms with Crippen LogP contribution in [0, 0.1) is 5.82 Å². The molecule has 0 bridgehead atoms. The first-order chi connectivity index (χ1) is 6.16. The number of fused-ring (bicyclic) bond motifs is 1. The van der Waals surface area contributed by atoms with Crippen LogP contribution in [0.3, 0.4) is 0 Å². The van der Waals surface area contributed by atoms with E-state index in [0.29, 0.717) is 15.5 Å². The van der Waals surface area contributed by atoms with Crippen LogP contribution in [0.15, 0.2) is 27.6 Å². The third-order valence-corrected chi connectivity index (χ3v) is 2.26. The Morgan fingerprint density at radius 2 is 2.23 bits per heavy atom. The molecule has 0 amide bonds. The van der Waals surface area contributed by atoms with Gasteiger partial charge in [-0.05, 0) is 34.1 Å². The van der Waals surface area contributed by atoms with Crippen molar-refractivity contribution in [2.75, 3.05) is 0 Å². The highest BCUT2D eigenvalue weighted by Crippen LogP contribution is 2.18. The molecule has 0 aliphatic heterocycles. The minimum Gasteiger partial charge on any atom is -0.299 e. The van der Waals surface area contributed by atoms with E-state index in [1.54, 1.807) is 0 Å². The number of nitrogens with zero attached hydrogens (tertiary/aromatic N) is 1. The highest BCUT2D eigenvalue weighted by Gasteiger charge is 2.02. The number of rotatable bonds is 0. The molecule has 5 heteroatoms. The van der Waals surface area contributed by atoms with Crippen molar-refractivity contribution in [2.45, 2.75) is 0 Å². The van der Waals surface area contributed by atoms with E-state index in [0.717, 1.165) is 0 Å². The Labute approximate surface area is 80.7 Å². The Balaban J connectivity index is 2.95. The number of aromatic nitrogens is 2. The smallest absolute Gasteiger partial charge is 0.299 e. The van der Waals surface area contributed by atoms with Crippen LogP contribution >= 0.6 is 15.9 Å². The molecule has 2 rings (SSSR count). The molecule has 13 heavy (non-hydrogen) atoms. The first-order valence-electron chi connectivity index (χ1n) is 3.52. The van der Waals surface area contributed by atoms with Gasteiger partial charge in [0.1, 0.15) is 5.82 Å². The summed E-state index contributed by atoms with van der Waals surface area (Å²) >= 11 is 3.12. The first-order valence-corrected chi connectivity index (χ1v) is 4.31. The van der Waals surface area contributed by atoms with Gasteiger partial charge >= 0.3 is 5.69 Å². The maximum absolute atomic E-state index is 12.8. The number of halogens is 2. The predicted molar refractivity (Wildman–Crippen MR) is 50.0 cm³/mol. The molecule has 0 saturated heterocycles. The van der Waals surface area contributed by atoms with E-state index in [1.807, 2.05) is 0 Å². The van der Waals surface area contributed by atoms with Crippen molar-refractivity contribution in [3.8, 4) is 0 Å². The van der Waals surface area contributed by atoms with Crippen LogP contribution in [0.2, 0.25) is 0 Å². The number of H-pyrrole nitrogens is 1. The van der Waals surface area contributed by atoms with Crippen molar-refractivity contribution < 1.29 is 4.39 Å². The highest BCUT2D eigenvalue weighted by atomic mass is 79.9. The number of aromatic amines is 1. The van der Waals surface area contributed by atoms with Crippen molar-refractivity contribution >= 4 is 26.8 Å². The quantitative estimate of drug-likeness (QED) is 0.717. The Morgan fingerprint density at radius 3 is 3.00 bits per heavy atom. The fourth-order valence-electron chi connectivity index (χ4n) is 1.08. The topological polar surface area (TPSA) is 45.8 Å². The molecule has 0 aliphatic carbocycles. The molecule has 3 nitrogen and oxygen atoms in total. The zero-order valence-electron chi connectivity index (χ0n) is 6.34. The van der Waals surface area contributed by atoms with Crippen molar-refractivity contribution in [1.29, 1.82) is 0 Å². The summed E-state index contributed by atoms with van der Waals surface area (Å²) in [5.41, 5.74) is 0.0167. The van der Waals surface area contributed by atoms with Gasteiger partial charge in [0.05, 0.1) is 10.1 Å². The van der Waals surface area contributed by atoms with Gasteiger partial charge in [-0.25, -0.2) is 9.18 Å². The second-order valence-corrected chi connectivity index (χ2v) is 3.31. The molecule has 0 spiro atoms. The Hall–Kier alpha value is -1.23. The minimum absolute atomic E-state index is 0.359. The fourth-order valence-corrected chi connectivity index (χ4v) is 1.57. The number of benzene rings is 1. The Kier molecular flexibility index (Phi) is 1.88. The van der Waals surface area contributed by atoms with E-state index in [4.69, 9.17) is 0 Å². The van der Waals surface area contributed by atoms with Gasteiger partial charge in [-0.3, -0.25) is 4.98 Å². The zero-order chi connectivity index (χ0) is 9.42. The summed E-state index contributed by atoms with van der Waals surface area (Å²) in [5, 5.41) is 0.555. The Bertz CT molecular complexity index is 523. The summed E-state index contributed by atoms with van der Waals surface area (Å²) < 4.78 is 13.2. The second kappa shape index (κ2) is 2.92. The van der Waals surface area contributed by atoms with E-state index in [9.17, 15) is 9.18 Å². The lowest BCUT2D eigenvalue weighted by molar-refractivity contribution is 0.629. The SMILES string of the molecule is O=c1nc2ccc(F)cc2c(Br)[nH]1. The third-order valence-electron chi connectivity index (χ3n) is 1.63. The van der Waals surface area contributed by atoms with Gasteiger partial charge in [-0.15, -0.1) is 0 Å². The lowest BCUT2D eigenvalue weighted by Crippen LogP contribution is -2.09. The summed E-state index contributed by atoms with van der Waals surface area (Å²) in [6, 6.07) is 4.04.